The molecule has 0 saturated heterocycles. The van der Waals surface area contributed by atoms with Gasteiger partial charge in [-0.1, -0.05) is 59.7 Å². The third-order valence-corrected chi connectivity index (χ3v) is 2.77. The van der Waals surface area contributed by atoms with Crippen molar-refractivity contribution in [3.63, 3.8) is 0 Å². The van der Waals surface area contributed by atoms with E-state index < -0.39 is 0 Å². The largest absolute Gasteiger partial charge is 0.0591 e. The summed E-state index contributed by atoms with van der Waals surface area (Å²) < 4.78 is 0. The SMILES string of the molecule is Cc1ccc([CH]Cc2ccc(C)cc2)cc1. The first-order valence-electron chi connectivity index (χ1n) is 5.69. The average molecular weight is 209 g/mol. The molecule has 2 rings (SSSR count). The molecular weight excluding hydrogens is 192 g/mol. The molecule has 0 aromatic heterocycles. The highest BCUT2D eigenvalue weighted by Crippen LogP contribution is 2.11. The van der Waals surface area contributed by atoms with Crippen LogP contribution in [-0.2, 0) is 6.42 Å². The van der Waals surface area contributed by atoms with Gasteiger partial charge in [0.25, 0.3) is 0 Å². The van der Waals surface area contributed by atoms with Gasteiger partial charge in [0.1, 0.15) is 0 Å². The minimum atomic E-state index is 1.00. The highest BCUT2D eigenvalue weighted by Gasteiger charge is 1.96. The van der Waals surface area contributed by atoms with Crippen LogP contribution < -0.4 is 0 Å². The van der Waals surface area contributed by atoms with Crippen molar-refractivity contribution in [3.05, 3.63) is 77.2 Å². The summed E-state index contributed by atoms with van der Waals surface area (Å²) in [5.41, 5.74) is 5.30. The number of hydrogen-bond acceptors (Lipinski definition) is 0. The van der Waals surface area contributed by atoms with Crippen LogP contribution in [0.1, 0.15) is 22.3 Å². The minimum Gasteiger partial charge on any atom is -0.0591 e. The molecule has 2 aromatic rings. The van der Waals surface area contributed by atoms with Crippen molar-refractivity contribution >= 4 is 0 Å². The van der Waals surface area contributed by atoms with E-state index in [2.05, 4.69) is 68.8 Å². The van der Waals surface area contributed by atoms with Crippen molar-refractivity contribution in [2.45, 2.75) is 20.3 Å². The van der Waals surface area contributed by atoms with Crippen LogP contribution in [0.4, 0.5) is 0 Å². The summed E-state index contributed by atoms with van der Waals surface area (Å²) in [6, 6.07) is 17.4. The molecule has 0 heterocycles. The van der Waals surface area contributed by atoms with E-state index in [4.69, 9.17) is 0 Å². The summed E-state index contributed by atoms with van der Waals surface area (Å²) in [4.78, 5) is 0. The molecule has 0 amide bonds. The van der Waals surface area contributed by atoms with E-state index in [1.807, 2.05) is 0 Å². The van der Waals surface area contributed by atoms with Gasteiger partial charge in [0.15, 0.2) is 0 Å². The molecule has 0 unspecified atom stereocenters. The van der Waals surface area contributed by atoms with Crippen molar-refractivity contribution < 1.29 is 0 Å². The maximum atomic E-state index is 2.27. The Bertz CT molecular complexity index is 389. The number of rotatable bonds is 3. The van der Waals surface area contributed by atoms with Crippen LogP contribution in [-0.4, -0.2) is 0 Å². The van der Waals surface area contributed by atoms with Gasteiger partial charge in [0.2, 0.25) is 0 Å². The second kappa shape index (κ2) is 4.98. The molecule has 0 N–H and O–H groups in total. The van der Waals surface area contributed by atoms with Crippen LogP contribution in [0.2, 0.25) is 0 Å². The van der Waals surface area contributed by atoms with Gasteiger partial charge in [0, 0.05) is 0 Å². The molecule has 0 spiro atoms. The van der Waals surface area contributed by atoms with Gasteiger partial charge in [-0.2, -0.15) is 0 Å². The first-order chi connectivity index (χ1) is 7.74. The van der Waals surface area contributed by atoms with E-state index in [-0.39, 0.29) is 0 Å². The van der Waals surface area contributed by atoms with Gasteiger partial charge >= 0.3 is 0 Å². The molecule has 1 radical (unpaired) electrons. The molecular formula is C16H17. The molecule has 2 aromatic carbocycles. The summed E-state index contributed by atoms with van der Waals surface area (Å²) in [6.07, 6.45) is 3.27. The Morgan fingerprint density at radius 2 is 1.25 bits per heavy atom. The molecule has 0 atom stereocenters. The standard InChI is InChI=1S/C16H17/c1-13-3-7-15(8-4-13)11-12-16-9-5-14(2)6-10-16/h3-11H,12H2,1-2H3. The average Bonchev–Trinajstić information content (AvgIpc) is 2.30. The van der Waals surface area contributed by atoms with Crippen LogP contribution in [0.25, 0.3) is 0 Å². The fraction of sp³-hybridized carbons (Fsp3) is 0.188. The second-order valence-electron chi connectivity index (χ2n) is 4.30. The summed E-state index contributed by atoms with van der Waals surface area (Å²) in [7, 11) is 0. The Kier molecular flexibility index (Phi) is 3.40. The van der Waals surface area contributed by atoms with Crippen molar-refractivity contribution in [3.8, 4) is 0 Å². The molecule has 81 valence electrons. The molecule has 0 fully saturated rings. The molecule has 0 saturated carbocycles. The second-order valence-corrected chi connectivity index (χ2v) is 4.30. The lowest BCUT2D eigenvalue weighted by Gasteiger charge is -2.03. The number of aryl methyl sites for hydroxylation is 2. The van der Waals surface area contributed by atoms with E-state index in [9.17, 15) is 0 Å². The zero-order valence-electron chi connectivity index (χ0n) is 9.90. The van der Waals surface area contributed by atoms with Gasteiger partial charge in [-0.3, -0.25) is 0 Å². The molecule has 0 nitrogen and oxygen atoms in total. The van der Waals surface area contributed by atoms with E-state index in [0.717, 1.165) is 6.42 Å². The first kappa shape index (κ1) is 10.9. The van der Waals surface area contributed by atoms with Gasteiger partial charge < -0.3 is 0 Å². The predicted molar refractivity (Wildman–Crippen MR) is 69.5 cm³/mol. The first-order valence-corrected chi connectivity index (χ1v) is 5.69. The van der Waals surface area contributed by atoms with Gasteiger partial charge in [-0.15, -0.1) is 0 Å². The molecule has 0 bridgehead atoms. The highest BCUT2D eigenvalue weighted by molar-refractivity contribution is 5.30. The van der Waals surface area contributed by atoms with Crippen LogP contribution in [0, 0.1) is 20.3 Å². The summed E-state index contributed by atoms with van der Waals surface area (Å²) in [5.74, 6) is 0. The molecule has 0 aliphatic carbocycles. The van der Waals surface area contributed by atoms with E-state index in [1.54, 1.807) is 0 Å². The third kappa shape index (κ3) is 2.96. The Morgan fingerprint density at radius 1 is 0.750 bits per heavy atom. The highest BCUT2D eigenvalue weighted by atomic mass is 14.0. The van der Waals surface area contributed by atoms with Gasteiger partial charge in [-0.05, 0) is 37.8 Å². The maximum absolute atomic E-state index is 2.27. The van der Waals surface area contributed by atoms with Crippen molar-refractivity contribution in [2.24, 2.45) is 0 Å². The maximum Gasteiger partial charge on any atom is -0.00494 e. The Balaban J connectivity index is 1.97. The van der Waals surface area contributed by atoms with E-state index >= 15 is 0 Å². The monoisotopic (exact) mass is 209 g/mol. The van der Waals surface area contributed by atoms with Crippen molar-refractivity contribution in [2.75, 3.05) is 0 Å². The quantitative estimate of drug-likeness (QED) is 0.714. The smallest absolute Gasteiger partial charge is 0.00494 e. The third-order valence-electron chi connectivity index (χ3n) is 2.77. The zero-order chi connectivity index (χ0) is 11.4. The van der Waals surface area contributed by atoms with Crippen LogP contribution in [0.3, 0.4) is 0 Å². The minimum absolute atomic E-state index is 1.00. The summed E-state index contributed by atoms with van der Waals surface area (Å²) in [5, 5.41) is 0. The lowest BCUT2D eigenvalue weighted by molar-refractivity contribution is 1.16. The number of hydrogen-bond donors (Lipinski definition) is 0. The van der Waals surface area contributed by atoms with Crippen molar-refractivity contribution in [1.29, 1.82) is 0 Å². The topological polar surface area (TPSA) is 0 Å². The van der Waals surface area contributed by atoms with Gasteiger partial charge in [-0.25, -0.2) is 0 Å². The Morgan fingerprint density at radius 3 is 1.81 bits per heavy atom. The fourth-order valence-electron chi connectivity index (χ4n) is 1.66. The number of benzene rings is 2. The molecule has 0 aliphatic heterocycles. The Labute approximate surface area is 97.9 Å². The normalized spacial score (nSPS) is 10.4. The van der Waals surface area contributed by atoms with E-state index in [0.29, 0.717) is 0 Å². The lowest BCUT2D eigenvalue weighted by atomic mass is 10.0. The summed E-state index contributed by atoms with van der Waals surface area (Å²) >= 11 is 0. The van der Waals surface area contributed by atoms with E-state index in [1.165, 1.54) is 22.3 Å². The molecule has 16 heavy (non-hydrogen) atoms. The molecule has 0 heteroatoms. The van der Waals surface area contributed by atoms with Gasteiger partial charge in [0.05, 0.1) is 0 Å². The fourth-order valence-corrected chi connectivity index (χ4v) is 1.66. The Hall–Kier alpha value is -1.56. The zero-order valence-corrected chi connectivity index (χ0v) is 9.90. The van der Waals surface area contributed by atoms with Crippen LogP contribution in [0.15, 0.2) is 48.5 Å². The predicted octanol–water partition coefficient (Wildman–Crippen LogP) is 4.10. The van der Waals surface area contributed by atoms with Crippen LogP contribution >= 0.6 is 0 Å². The van der Waals surface area contributed by atoms with Crippen LogP contribution in [0.5, 0.6) is 0 Å². The molecule has 0 aliphatic rings. The van der Waals surface area contributed by atoms with Crippen molar-refractivity contribution in [1.82, 2.24) is 0 Å². The lowest BCUT2D eigenvalue weighted by Crippen LogP contribution is -1.88. The summed E-state index contributed by atoms with van der Waals surface area (Å²) in [6.45, 7) is 4.23.